The predicted octanol–water partition coefficient (Wildman–Crippen LogP) is 1.14. The summed E-state index contributed by atoms with van der Waals surface area (Å²) in [5.41, 5.74) is 6.93. The minimum Gasteiger partial charge on any atom is -0.497 e. The first-order valence-corrected chi connectivity index (χ1v) is 5.82. The summed E-state index contributed by atoms with van der Waals surface area (Å²) in [6.07, 6.45) is 1.78. The molecule has 0 saturated carbocycles. The van der Waals surface area contributed by atoms with Crippen molar-refractivity contribution in [2.45, 2.75) is 6.54 Å². The van der Waals surface area contributed by atoms with E-state index in [4.69, 9.17) is 10.5 Å². The van der Waals surface area contributed by atoms with Gasteiger partial charge in [0.05, 0.1) is 7.11 Å². The van der Waals surface area contributed by atoms with Crippen molar-refractivity contribution >= 4 is 11.7 Å². The molecule has 0 atom stereocenters. The molecule has 2 aromatic rings. The minimum absolute atomic E-state index is 0.226. The fourth-order valence-corrected chi connectivity index (χ4v) is 1.71. The Hall–Kier alpha value is -2.34. The van der Waals surface area contributed by atoms with E-state index in [2.05, 4.69) is 10.4 Å². The maximum Gasteiger partial charge on any atom is 0.256 e. The summed E-state index contributed by atoms with van der Waals surface area (Å²) in [6, 6.07) is 6.85. The lowest BCUT2D eigenvalue weighted by molar-refractivity contribution is 0.102. The standard InChI is InChI=1S/C13H16N4O2/c1-17-8-10(7-14)12(16-17)15-13(18)9-3-5-11(19-2)6-4-9/h3-6,8H,7,14H2,1-2H3,(H,15,16,18). The Morgan fingerprint density at radius 2 is 2.11 bits per heavy atom. The van der Waals surface area contributed by atoms with Crippen molar-refractivity contribution in [2.24, 2.45) is 12.8 Å². The highest BCUT2D eigenvalue weighted by Gasteiger charge is 2.11. The summed E-state index contributed by atoms with van der Waals surface area (Å²) >= 11 is 0. The van der Waals surface area contributed by atoms with Crippen molar-refractivity contribution in [3.05, 3.63) is 41.6 Å². The minimum atomic E-state index is -0.226. The smallest absolute Gasteiger partial charge is 0.256 e. The molecule has 0 aliphatic carbocycles. The summed E-state index contributed by atoms with van der Waals surface area (Å²) in [5.74, 6) is 0.971. The maximum atomic E-state index is 12.0. The Morgan fingerprint density at radius 3 is 2.68 bits per heavy atom. The summed E-state index contributed by atoms with van der Waals surface area (Å²) in [6.45, 7) is 0.325. The predicted molar refractivity (Wildman–Crippen MR) is 72.0 cm³/mol. The van der Waals surface area contributed by atoms with Gasteiger partial charge in [0, 0.05) is 30.9 Å². The van der Waals surface area contributed by atoms with Gasteiger partial charge in [0.1, 0.15) is 5.75 Å². The van der Waals surface area contributed by atoms with E-state index in [9.17, 15) is 4.79 Å². The molecule has 1 heterocycles. The number of carbonyl (C=O) groups is 1. The second-order valence-corrected chi connectivity index (χ2v) is 4.06. The topological polar surface area (TPSA) is 82.2 Å². The van der Waals surface area contributed by atoms with E-state index in [1.165, 1.54) is 0 Å². The highest BCUT2D eigenvalue weighted by atomic mass is 16.5. The Kier molecular flexibility index (Phi) is 3.82. The number of nitrogens with zero attached hydrogens (tertiary/aromatic N) is 2. The van der Waals surface area contributed by atoms with Crippen molar-refractivity contribution in [1.82, 2.24) is 9.78 Å². The van der Waals surface area contributed by atoms with Crippen LogP contribution in [0.25, 0.3) is 0 Å². The number of methoxy groups -OCH3 is 1. The monoisotopic (exact) mass is 260 g/mol. The number of rotatable bonds is 4. The molecule has 6 heteroatoms. The molecule has 6 nitrogen and oxygen atoms in total. The molecular weight excluding hydrogens is 244 g/mol. The second kappa shape index (κ2) is 5.53. The summed E-state index contributed by atoms with van der Waals surface area (Å²) < 4.78 is 6.66. The van der Waals surface area contributed by atoms with Gasteiger partial charge in [-0.2, -0.15) is 5.10 Å². The number of aromatic nitrogens is 2. The molecule has 2 rings (SSSR count). The van der Waals surface area contributed by atoms with Crippen LogP contribution in [0.5, 0.6) is 5.75 Å². The van der Waals surface area contributed by atoms with Crippen LogP contribution >= 0.6 is 0 Å². The molecule has 1 amide bonds. The average molecular weight is 260 g/mol. The van der Waals surface area contributed by atoms with Crippen molar-refractivity contribution in [3.8, 4) is 5.75 Å². The van der Waals surface area contributed by atoms with Crippen LogP contribution in [0.2, 0.25) is 0 Å². The van der Waals surface area contributed by atoms with E-state index in [0.29, 0.717) is 23.7 Å². The molecule has 0 aliphatic rings. The van der Waals surface area contributed by atoms with Crippen LogP contribution in [0.4, 0.5) is 5.82 Å². The molecule has 0 saturated heterocycles. The molecular formula is C13H16N4O2. The van der Waals surface area contributed by atoms with E-state index in [1.807, 2.05) is 0 Å². The molecule has 19 heavy (non-hydrogen) atoms. The molecule has 0 unspecified atom stereocenters. The van der Waals surface area contributed by atoms with E-state index in [0.717, 1.165) is 5.56 Å². The summed E-state index contributed by atoms with van der Waals surface area (Å²) in [5, 5.41) is 6.91. The van der Waals surface area contributed by atoms with Crippen molar-refractivity contribution in [1.29, 1.82) is 0 Å². The van der Waals surface area contributed by atoms with Gasteiger partial charge >= 0.3 is 0 Å². The first-order valence-electron chi connectivity index (χ1n) is 5.82. The lowest BCUT2D eigenvalue weighted by Crippen LogP contribution is -2.14. The second-order valence-electron chi connectivity index (χ2n) is 4.06. The van der Waals surface area contributed by atoms with Crippen LogP contribution in [0.3, 0.4) is 0 Å². The van der Waals surface area contributed by atoms with Gasteiger partial charge in [0.2, 0.25) is 0 Å². The zero-order valence-corrected chi connectivity index (χ0v) is 10.9. The van der Waals surface area contributed by atoms with Gasteiger partial charge in [0.25, 0.3) is 5.91 Å². The number of ether oxygens (including phenoxy) is 1. The molecule has 0 spiro atoms. The number of hydrogen-bond acceptors (Lipinski definition) is 4. The number of carbonyl (C=O) groups excluding carboxylic acids is 1. The Labute approximate surface area is 111 Å². The first-order chi connectivity index (χ1) is 9.13. The van der Waals surface area contributed by atoms with E-state index < -0.39 is 0 Å². The van der Waals surface area contributed by atoms with Gasteiger partial charge in [-0.3, -0.25) is 9.48 Å². The van der Waals surface area contributed by atoms with Gasteiger partial charge in [-0.05, 0) is 24.3 Å². The molecule has 1 aromatic carbocycles. The number of anilines is 1. The first kappa shape index (κ1) is 13.1. The maximum absolute atomic E-state index is 12.0. The number of nitrogens with one attached hydrogen (secondary N) is 1. The van der Waals surface area contributed by atoms with Crippen LogP contribution in [-0.4, -0.2) is 22.8 Å². The van der Waals surface area contributed by atoms with Crippen LogP contribution in [0, 0.1) is 0 Å². The molecule has 100 valence electrons. The highest BCUT2D eigenvalue weighted by Crippen LogP contribution is 2.15. The van der Waals surface area contributed by atoms with E-state index >= 15 is 0 Å². The molecule has 1 aromatic heterocycles. The van der Waals surface area contributed by atoms with Crippen LogP contribution in [0.1, 0.15) is 15.9 Å². The SMILES string of the molecule is COc1ccc(C(=O)Nc2nn(C)cc2CN)cc1. The normalized spacial score (nSPS) is 10.3. The third kappa shape index (κ3) is 2.92. The zero-order valence-electron chi connectivity index (χ0n) is 10.9. The summed E-state index contributed by atoms with van der Waals surface area (Å²) in [4.78, 5) is 12.0. The van der Waals surface area contributed by atoms with Crippen molar-refractivity contribution in [3.63, 3.8) is 0 Å². The number of hydrogen-bond donors (Lipinski definition) is 2. The van der Waals surface area contributed by atoms with Crippen LogP contribution in [0.15, 0.2) is 30.5 Å². The fourth-order valence-electron chi connectivity index (χ4n) is 1.71. The van der Waals surface area contributed by atoms with Gasteiger partial charge < -0.3 is 15.8 Å². The largest absolute Gasteiger partial charge is 0.497 e. The fraction of sp³-hybridized carbons (Fsp3) is 0.231. The Morgan fingerprint density at radius 1 is 1.42 bits per heavy atom. The number of benzene rings is 1. The Balaban J connectivity index is 2.15. The third-order valence-corrected chi connectivity index (χ3v) is 2.71. The van der Waals surface area contributed by atoms with Gasteiger partial charge in [-0.25, -0.2) is 0 Å². The highest BCUT2D eigenvalue weighted by molar-refractivity contribution is 6.04. The lowest BCUT2D eigenvalue weighted by Gasteiger charge is -2.05. The van der Waals surface area contributed by atoms with Crippen molar-refractivity contribution < 1.29 is 9.53 Å². The lowest BCUT2D eigenvalue weighted by atomic mass is 10.2. The van der Waals surface area contributed by atoms with Crippen molar-refractivity contribution in [2.75, 3.05) is 12.4 Å². The molecule has 0 bridgehead atoms. The third-order valence-electron chi connectivity index (χ3n) is 2.71. The summed E-state index contributed by atoms with van der Waals surface area (Å²) in [7, 11) is 3.36. The number of nitrogens with two attached hydrogens (primary N) is 1. The van der Waals surface area contributed by atoms with Crippen LogP contribution in [-0.2, 0) is 13.6 Å². The van der Waals surface area contributed by atoms with E-state index in [1.54, 1.807) is 49.3 Å². The van der Waals surface area contributed by atoms with Gasteiger partial charge in [0.15, 0.2) is 5.82 Å². The molecule has 0 aliphatic heterocycles. The average Bonchev–Trinajstić information content (AvgIpc) is 2.78. The van der Waals surface area contributed by atoms with Gasteiger partial charge in [-0.1, -0.05) is 0 Å². The van der Waals surface area contributed by atoms with Crippen LogP contribution < -0.4 is 15.8 Å². The quantitative estimate of drug-likeness (QED) is 0.863. The number of aryl methyl sites for hydroxylation is 1. The Bertz CT molecular complexity index is 575. The molecule has 0 fully saturated rings. The number of amides is 1. The van der Waals surface area contributed by atoms with E-state index in [-0.39, 0.29) is 5.91 Å². The van der Waals surface area contributed by atoms with Gasteiger partial charge in [-0.15, -0.1) is 0 Å². The molecule has 3 N–H and O–H groups in total. The molecule has 0 radical (unpaired) electrons. The zero-order chi connectivity index (χ0) is 13.8.